The van der Waals surface area contributed by atoms with Crippen molar-refractivity contribution in [2.24, 2.45) is 0 Å². The van der Waals surface area contributed by atoms with Crippen LogP contribution in [-0.2, 0) is 0 Å². The Hall–Kier alpha value is -3.04. The molecule has 2 rings (SSSR count). The number of nitriles is 1. The summed E-state index contributed by atoms with van der Waals surface area (Å²) >= 11 is 6.01. The van der Waals surface area contributed by atoms with Crippen LogP contribution >= 0.6 is 11.6 Å². The van der Waals surface area contributed by atoms with Gasteiger partial charge in [0.15, 0.2) is 0 Å². The fourth-order valence-electron chi connectivity index (χ4n) is 1.91. The molecule has 0 aliphatic heterocycles. The zero-order chi connectivity index (χ0) is 17.0. The summed E-state index contributed by atoms with van der Waals surface area (Å²) in [7, 11) is 1.32. The Balaban J connectivity index is 2.34. The van der Waals surface area contributed by atoms with Crippen LogP contribution in [0.3, 0.4) is 0 Å². The summed E-state index contributed by atoms with van der Waals surface area (Å²) in [5.41, 5.74) is 0.729. The fourth-order valence-corrected chi connectivity index (χ4v) is 2.12. The molecule has 116 valence electrons. The summed E-state index contributed by atoms with van der Waals surface area (Å²) in [6.45, 7) is 0. The number of hydrogen-bond donors (Lipinski definition) is 2. The first kappa shape index (κ1) is 16.3. The molecule has 0 aliphatic carbocycles. The van der Waals surface area contributed by atoms with Crippen LogP contribution in [0.15, 0.2) is 36.4 Å². The molecule has 0 fully saturated rings. The van der Waals surface area contributed by atoms with Crippen molar-refractivity contribution in [2.45, 2.75) is 0 Å². The Labute approximate surface area is 136 Å². The topological polar surface area (TPSA) is 99.4 Å². The molecule has 23 heavy (non-hydrogen) atoms. The monoisotopic (exact) mass is 330 g/mol. The van der Waals surface area contributed by atoms with E-state index in [1.807, 2.05) is 6.07 Å². The Morgan fingerprint density at radius 3 is 2.65 bits per heavy atom. The van der Waals surface area contributed by atoms with Gasteiger partial charge in [-0.05, 0) is 24.3 Å². The number of benzene rings is 2. The van der Waals surface area contributed by atoms with E-state index in [0.717, 1.165) is 0 Å². The number of ether oxygens (including phenoxy) is 1. The number of carbonyl (C=O) groups excluding carboxylic acids is 1. The van der Waals surface area contributed by atoms with Gasteiger partial charge in [0.05, 0.1) is 29.5 Å². The predicted molar refractivity (Wildman–Crippen MR) is 84.1 cm³/mol. The molecule has 0 unspecified atom stereocenters. The second-order valence-electron chi connectivity index (χ2n) is 4.48. The minimum atomic E-state index is -1.19. The number of carboxylic acids is 1. The van der Waals surface area contributed by atoms with Gasteiger partial charge in [0, 0.05) is 11.6 Å². The van der Waals surface area contributed by atoms with Crippen molar-refractivity contribution >= 4 is 29.2 Å². The van der Waals surface area contributed by atoms with Crippen molar-refractivity contribution in [1.29, 1.82) is 5.26 Å². The van der Waals surface area contributed by atoms with E-state index in [0.29, 0.717) is 5.56 Å². The van der Waals surface area contributed by atoms with Crippen molar-refractivity contribution < 1.29 is 19.4 Å². The molecule has 0 saturated carbocycles. The number of carboxylic acid groups (broad SMARTS) is 1. The zero-order valence-electron chi connectivity index (χ0n) is 12.0. The predicted octanol–water partition coefficient (Wildman–Crippen LogP) is 3.17. The first-order valence-corrected chi connectivity index (χ1v) is 6.76. The summed E-state index contributed by atoms with van der Waals surface area (Å²) in [6.07, 6.45) is 0. The van der Waals surface area contributed by atoms with Crippen molar-refractivity contribution in [2.75, 3.05) is 12.4 Å². The second-order valence-corrected chi connectivity index (χ2v) is 4.89. The van der Waals surface area contributed by atoms with Crippen LogP contribution in [0.1, 0.15) is 26.3 Å². The van der Waals surface area contributed by atoms with Crippen molar-refractivity contribution in [3.05, 3.63) is 58.1 Å². The molecule has 0 heterocycles. The lowest BCUT2D eigenvalue weighted by molar-refractivity contribution is 0.0693. The summed E-state index contributed by atoms with van der Waals surface area (Å²) in [6, 6.07) is 10.6. The summed E-state index contributed by atoms with van der Waals surface area (Å²) in [5.74, 6) is -1.60. The molecule has 2 aromatic rings. The third-order valence-corrected chi connectivity index (χ3v) is 3.33. The number of nitrogens with one attached hydrogen (secondary N) is 1. The number of methoxy groups -OCH3 is 1. The zero-order valence-corrected chi connectivity index (χ0v) is 12.7. The molecule has 7 heteroatoms. The summed E-state index contributed by atoms with van der Waals surface area (Å²) in [4.78, 5) is 23.3. The van der Waals surface area contributed by atoms with Crippen LogP contribution < -0.4 is 10.1 Å². The smallest absolute Gasteiger partial charge is 0.339 e. The quantitative estimate of drug-likeness (QED) is 0.897. The number of amides is 1. The Kier molecular flexibility index (Phi) is 4.84. The van der Waals surface area contributed by atoms with E-state index in [4.69, 9.17) is 26.7 Å². The highest BCUT2D eigenvalue weighted by Crippen LogP contribution is 2.31. The summed E-state index contributed by atoms with van der Waals surface area (Å²) < 4.78 is 4.99. The van der Waals surface area contributed by atoms with E-state index in [-0.39, 0.29) is 27.6 Å². The lowest BCUT2D eigenvalue weighted by Crippen LogP contribution is -2.13. The lowest BCUT2D eigenvalue weighted by atomic mass is 10.1. The molecule has 0 aliphatic rings. The van der Waals surface area contributed by atoms with Crippen LogP contribution in [0.2, 0.25) is 5.02 Å². The largest absolute Gasteiger partial charge is 0.496 e. The standard InChI is InChI=1S/C16H11ClN2O4/c1-23-14-7-13(12(17)6-11(14)16(21)22)19-15(20)10-4-2-3-9(5-10)8-18/h2-7H,1H3,(H,19,20)(H,21,22). The Bertz CT molecular complexity index is 827. The number of carbonyl (C=O) groups is 2. The van der Waals surface area contributed by atoms with Crippen molar-refractivity contribution in [3.8, 4) is 11.8 Å². The number of aromatic carboxylic acids is 1. The third kappa shape index (κ3) is 3.59. The highest BCUT2D eigenvalue weighted by atomic mass is 35.5. The van der Waals surface area contributed by atoms with Gasteiger partial charge in [0.25, 0.3) is 5.91 Å². The van der Waals surface area contributed by atoms with Gasteiger partial charge in [-0.2, -0.15) is 5.26 Å². The molecule has 2 N–H and O–H groups in total. The maximum atomic E-state index is 12.2. The lowest BCUT2D eigenvalue weighted by Gasteiger charge is -2.11. The molecule has 0 atom stereocenters. The maximum Gasteiger partial charge on any atom is 0.339 e. The number of nitrogens with zero attached hydrogens (tertiary/aromatic N) is 1. The highest BCUT2D eigenvalue weighted by molar-refractivity contribution is 6.34. The molecule has 0 bridgehead atoms. The molecule has 0 spiro atoms. The number of anilines is 1. The van der Waals surface area contributed by atoms with Crippen molar-refractivity contribution in [1.82, 2.24) is 0 Å². The second kappa shape index (κ2) is 6.81. The minimum Gasteiger partial charge on any atom is -0.496 e. The molecule has 0 saturated heterocycles. The summed E-state index contributed by atoms with van der Waals surface area (Å²) in [5, 5.41) is 20.6. The SMILES string of the molecule is COc1cc(NC(=O)c2cccc(C#N)c2)c(Cl)cc1C(=O)O. The van der Waals surface area contributed by atoms with Gasteiger partial charge in [-0.25, -0.2) is 4.79 Å². The van der Waals surface area contributed by atoms with Crippen LogP contribution in [0, 0.1) is 11.3 Å². The van der Waals surface area contributed by atoms with E-state index in [1.54, 1.807) is 18.2 Å². The molecule has 6 nitrogen and oxygen atoms in total. The fraction of sp³-hybridized carbons (Fsp3) is 0.0625. The van der Waals surface area contributed by atoms with Crippen LogP contribution in [0.25, 0.3) is 0 Å². The first-order chi connectivity index (χ1) is 11.0. The van der Waals surface area contributed by atoms with Gasteiger partial charge in [-0.1, -0.05) is 17.7 Å². The Morgan fingerprint density at radius 1 is 1.30 bits per heavy atom. The van der Waals surface area contributed by atoms with E-state index in [1.165, 1.54) is 25.3 Å². The highest BCUT2D eigenvalue weighted by Gasteiger charge is 2.17. The number of rotatable bonds is 4. The average Bonchev–Trinajstić information content (AvgIpc) is 2.56. The minimum absolute atomic E-state index is 0.0630. The number of hydrogen-bond acceptors (Lipinski definition) is 4. The first-order valence-electron chi connectivity index (χ1n) is 6.38. The normalized spacial score (nSPS) is 9.78. The van der Waals surface area contributed by atoms with E-state index in [9.17, 15) is 9.59 Å². The van der Waals surface area contributed by atoms with Gasteiger partial charge < -0.3 is 15.2 Å². The molecule has 1 amide bonds. The van der Waals surface area contributed by atoms with Crippen LogP contribution in [0.5, 0.6) is 5.75 Å². The van der Waals surface area contributed by atoms with Gasteiger partial charge in [-0.3, -0.25) is 4.79 Å². The molecule has 2 aromatic carbocycles. The number of halogens is 1. The van der Waals surface area contributed by atoms with E-state index >= 15 is 0 Å². The molecular weight excluding hydrogens is 320 g/mol. The van der Waals surface area contributed by atoms with Crippen molar-refractivity contribution in [3.63, 3.8) is 0 Å². The van der Waals surface area contributed by atoms with Crippen LogP contribution in [0.4, 0.5) is 5.69 Å². The maximum absolute atomic E-state index is 12.2. The molecule has 0 aromatic heterocycles. The third-order valence-electron chi connectivity index (χ3n) is 3.02. The van der Waals surface area contributed by atoms with E-state index in [2.05, 4.69) is 5.32 Å². The molecule has 0 radical (unpaired) electrons. The van der Waals surface area contributed by atoms with Gasteiger partial charge in [0.2, 0.25) is 0 Å². The van der Waals surface area contributed by atoms with Gasteiger partial charge >= 0.3 is 5.97 Å². The van der Waals surface area contributed by atoms with Gasteiger partial charge in [-0.15, -0.1) is 0 Å². The average molecular weight is 331 g/mol. The Morgan fingerprint density at radius 2 is 2.04 bits per heavy atom. The van der Waals surface area contributed by atoms with E-state index < -0.39 is 11.9 Å². The van der Waals surface area contributed by atoms with Crippen LogP contribution in [-0.4, -0.2) is 24.1 Å². The molecular formula is C16H11ClN2O4. The van der Waals surface area contributed by atoms with Gasteiger partial charge in [0.1, 0.15) is 11.3 Å².